The highest BCUT2D eigenvalue weighted by Crippen LogP contribution is 2.43. The molecule has 23 heavy (non-hydrogen) atoms. The molecule has 1 aromatic carbocycles. The maximum atomic E-state index is 13.7. The summed E-state index contributed by atoms with van der Waals surface area (Å²) in [5, 5.41) is 12.6. The lowest BCUT2D eigenvalue weighted by Gasteiger charge is -2.23. The van der Waals surface area contributed by atoms with Gasteiger partial charge >= 0.3 is 6.03 Å². The lowest BCUT2D eigenvalue weighted by atomic mass is 10.1. The summed E-state index contributed by atoms with van der Waals surface area (Å²) >= 11 is 0. The van der Waals surface area contributed by atoms with Crippen molar-refractivity contribution in [1.82, 2.24) is 10.2 Å². The molecule has 2 fully saturated rings. The van der Waals surface area contributed by atoms with E-state index in [1.165, 1.54) is 18.2 Å². The molecule has 0 saturated heterocycles. The van der Waals surface area contributed by atoms with Crippen molar-refractivity contribution in [1.29, 1.82) is 0 Å². The lowest BCUT2D eigenvalue weighted by molar-refractivity contribution is 0.114. The van der Waals surface area contributed by atoms with Gasteiger partial charge in [-0.15, -0.1) is 0 Å². The summed E-state index contributed by atoms with van der Waals surface area (Å²) in [6, 6.07) is 3.33. The number of urea groups is 1. The van der Waals surface area contributed by atoms with Crippen molar-refractivity contribution in [3.63, 3.8) is 0 Å². The molecule has 126 valence electrons. The number of carbonyl (C=O) groups is 1. The molecule has 0 aromatic heterocycles. The number of aliphatic hydroxyl groups excluding tert-OH is 1. The summed E-state index contributed by atoms with van der Waals surface area (Å²) in [7, 11) is 1.68. The molecule has 0 radical (unpaired) electrons. The summed E-state index contributed by atoms with van der Waals surface area (Å²) < 4.78 is 27.5. The molecule has 2 aliphatic rings. The number of hydrogen-bond donors (Lipinski definition) is 2. The number of halogens is 2. The fraction of sp³-hybridized carbons (Fsp3) is 0.588. The molecule has 0 bridgehead atoms. The standard InChI is InChI=1S/C17H22F2N2O2/c1-21(9-10-4-2-7-15(10)22)17(23)20-14-8-11(14)16-12(18)5-3-6-13(16)19/h3,5-6,10-11,14-15,22H,2,4,7-9H2,1H3,(H,20,23). The number of amides is 2. The van der Waals surface area contributed by atoms with E-state index in [9.17, 15) is 18.7 Å². The third-order valence-corrected chi connectivity index (χ3v) is 4.94. The molecule has 0 spiro atoms. The average molecular weight is 324 g/mol. The van der Waals surface area contributed by atoms with Crippen LogP contribution in [0.3, 0.4) is 0 Å². The third-order valence-electron chi connectivity index (χ3n) is 4.94. The maximum absolute atomic E-state index is 13.7. The van der Waals surface area contributed by atoms with E-state index >= 15 is 0 Å². The second kappa shape index (κ2) is 6.43. The van der Waals surface area contributed by atoms with Gasteiger partial charge in [-0.2, -0.15) is 0 Å². The van der Waals surface area contributed by atoms with Gasteiger partial charge in [0, 0.05) is 37.0 Å². The van der Waals surface area contributed by atoms with Crippen LogP contribution in [0.15, 0.2) is 18.2 Å². The van der Waals surface area contributed by atoms with Crippen LogP contribution in [-0.2, 0) is 0 Å². The Balaban J connectivity index is 1.53. The Kier molecular flexibility index (Phi) is 4.53. The number of carbonyl (C=O) groups excluding carboxylic acids is 1. The number of benzene rings is 1. The Labute approximate surface area is 134 Å². The van der Waals surface area contributed by atoms with Gasteiger partial charge in [0.05, 0.1) is 6.10 Å². The second-order valence-corrected chi connectivity index (χ2v) is 6.67. The van der Waals surface area contributed by atoms with Gasteiger partial charge in [0.15, 0.2) is 0 Å². The highest BCUT2D eigenvalue weighted by atomic mass is 19.1. The molecule has 6 heteroatoms. The van der Waals surface area contributed by atoms with E-state index in [4.69, 9.17) is 0 Å². The van der Waals surface area contributed by atoms with E-state index in [1.54, 1.807) is 11.9 Å². The van der Waals surface area contributed by atoms with Crippen molar-refractivity contribution in [2.45, 2.75) is 43.7 Å². The lowest BCUT2D eigenvalue weighted by Crippen LogP contribution is -2.42. The van der Waals surface area contributed by atoms with Crippen LogP contribution in [0.25, 0.3) is 0 Å². The van der Waals surface area contributed by atoms with Gasteiger partial charge in [-0.05, 0) is 31.4 Å². The van der Waals surface area contributed by atoms with E-state index in [0.717, 1.165) is 19.3 Å². The topological polar surface area (TPSA) is 52.6 Å². The minimum atomic E-state index is -0.561. The van der Waals surface area contributed by atoms with Gasteiger partial charge in [0.1, 0.15) is 11.6 Å². The van der Waals surface area contributed by atoms with Gasteiger partial charge in [0.25, 0.3) is 0 Å². The first kappa shape index (κ1) is 16.2. The summed E-state index contributed by atoms with van der Waals surface area (Å²) in [5.74, 6) is -1.31. The van der Waals surface area contributed by atoms with Crippen LogP contribution < -0.4 is 5.32 Å². The zero-order chi connectivity index (χ0) is 16.6. The fourth-order valence-corrected chi connectivity index (χ4v) is 3.47. The molecule has 0 aliphatic heterocycles. The van der Waals surface area contributed by atoms with Crippen LogP contribution in [0, 0.1) is 17.6 Å². The van der Waals surface area contributed by atoms with Gasteiger partial charge in [-0.1, -0.05) is 12.5 Å². The van der Waals surface area contributed by atoms with Crippen molar-refractivity contribution in [3.8, 4) is 0 Å². The monoisotopic (exact) mass is 324 g/mol. The average Bonchev–Trinajstić information content (AvgIpc) is 3.12. The van der Waals surface area contributed by atoms with Crippen LogP contribution in [0.5, 0.6) is 0 Å². The van der Waals surface area contributed by atoms with Crippen molar-refractivity contribution < 1.29 is 18.7 Å². The fourth-order valence-electron chi connectivity index (χ4n) is 3.47. The zero-order valence-electron chi connectivity index (χ0n) is 13.1. The molecule has 2 saturated carbocycles. The summed E-state index contributed by atoms with van der Waals surface area (Å²) in [4.78, 5) is 13.7. The number of hydrogen-bond acceptors (Lipinski definition) is 2. The highest BCUT2D eigenvalue weighted by molar-refractivity contribution is 5.75. The Hall–Kier alpha value is -1.69. The van der Waals surface area contributed by atoms with E-state index in [-0.39, 0.29) is 35.6 Å². The molecule has 3 rings (SSSR count). The number of aliphatic hydroxyl groups is 1. The summed E-state index contributed by atoms with van der Waals surface area (Å²) in [6.45, 7) is 0.498. The Morgan fingerprint density at radius 2 is 2.04 bits per heavy atom. The molecule has 1 aromatic rings. The number of rotatable bonds is 4. The third kappa shape index (κ3) is 3.47. The van der Waals surface area contributed by atoms with Crippen molar-refractivity contribution in [2.24, 2.45) is 5.92 Å². The molecule has 4 unspecified atom stereocenters. The molecule has 2 amide bonds. The summed E-state index contributed by atoms with van der Waals surface area (Å²) in [5.41, 5.74) is 0.0617. The molecular formula is C17H22F2N2O2. The zero-order valence-corrected chi connectivity index (χ0v) is 13.1. The van der Waals surface area contributed by atoms with E-state index in [1.807, 2.05) is 0 Å². The van der Waals surface area contributed by atoms with Crippen molar-refractivity contribution in [2.75, 3.05) is 13.6 Å². The first-order valence-corrected chi connectivity index (χ1v) is 8.11. The van der Waals surface area contributed by atoms with Crippen molar-refractivity contribution >= 4 is 6.03 Å². The number of nitrogens with one attached hydrogen (secondary N) is 1. The van der Waals surface area contributed by atoms with E-state index < -0.39 is 11.6 Å². The molecule has 4 atom stereocenters. The van der Waals surface area contributed by atoms with Gasteiger partial charge < -0.3 is 15.3 Å². The second-order valence-electron chi connectivity index (χ2n) is 6.67. The van der Waals surface area contributed by atoms with Crippen LogP contribution in [0.1, 0.15) is 37.2 Å². The van der Waals surface area contributed by atoms with Gasteiger partial charge in [0.2, 0.25) is 0 Å². The normalized spacial score (nSPS) is 29.4. The minimum Gasteiger partial charge on any atom is -0.393 e. The predicted octanol–water partition coefficient (Wildman–Crippen LogP) is 2.62. The largest absolute Gasteiger partial charge is 0.393 e. The molecular weight excluding hydrogens is 302 g/mol. The van der Waals surface area contributed by atoms with Crippen LogP contribution >= 0.6 is 0 Å². The minimum absolute atomic E-state index is 0.0617. The highest BCUT2D eigenvalue weighted by Gasteiger charge is 2.43. The molecule has 4 nitrogen and oxygen atoms in total. The van der Waals surface area contributed by atoms with Crippen LogP contribution in [-0.4, -0.2) is 41.8 Å². The van der Waals surface area contributed by atoms with Crippen molar-refractivity contribution in [3.05, 3.63) is 35.4 Å². The summed E-state index contributed by atoms with van der Waals surface area (Å²) in [6.07, 6.45) is 2.90. The first-order valence-electron chi connectivity index (χ1n) is 8.11. The van der Waals surface area contributed by atoms with Gasteiger partial charge in [-0.25, -0.2) is 13.6 Å². The quantitative estimate of drug-likeness (QED) is 0.894. The SMILES string of the molecule is CN(CC1CCCC1O)C(=O)NC1CC1c1c(F)cccc1F. The van der Waals surface area contributed by atoms with Crippen LogP contribution in [0.2, 0.25) is 0 Å². The Morgan fingerprint density at radius 1 is 1.35 bits per heavy atom. The van der Waals surface area contributed by atoms with E-state index in [0.29, 0.717) is 13.0 Å². The molecule has 0 heterocycles. The predicted molar refractivity (Wildman–Crippen MR) is 82.0 cm³/mol. The van der Waals surface area contributed by atoms with Gasteiger partial charge in [-0.3, -0.25) is 0 Å². The van der Waals surface area contributed by atoms with Crippen LogP contribution in [0.4, 0.5) is 13.6 Å². The molecule has 2 N–H and O–H groups in total. The Morgan fingerprint density at radius 3 is 2.65 bits per heavy atom. The van der Waals surface area contributed by atoms with E-state index in [2.05, 4.69) is 5.32 Å². The smallest absolute Gasteiger partial charge is 0.317 e. The first-order chi connectivity index (χ1) is 11.0. The number of nitrogens with zero attached hydrogens (tertiary/aromatic N) is 1. The Bertz CT molecular complexity index is 576. The molecule has 2 aliphatic carbocycles. The maximum Gasteiger partial charge on any atom is 0.317 e.